The molecular weight excluding hydrogens is 291 g/mol. The summed E-state index contributed by atoms with van der Waals surface area (Å²) in [7, 11) is 0. The van der Waals surface area contributed by atoms with Crippen LogP contribution in [0.2, 0.25) is 0 Å². The first-order valence-corrected chi connectivity index (χ1v) is 8.02. The van der Waals surface area contributed by atoms with Crippen LogP contribution in [0.15, 0.2) is 42.4 Å². The summed E-state index contributed by atoms with van der Waals surface area (Å²) in [6.07, 6.45) is 8.36. The predicted octanol–water partition coefficient (Wildman–Crippen LogP) is 1.46. The molecule has 1 heterocycles. The van der Waals surface area contributed by atoms with Gasteiger partial charge in [-0.2, -0.15) is 0 Å². The molecule has 2 heteroatoms. The maximum atomic E-state index is 5.82. The third kappa shape index (κ3) is 2.88. The molecule has 0 bridgehead atoms. The first kappa shape index (κ1) is 12.4. The third-order valence-electron chi connectivity index (χ3n) is 2.43. The number of furan rings is 1. The predicted molar refractivity (Wildman–Crippen MR) is 70.0 cm³/mol. The van der Waals surface area contributed by atoms with Crippen molar-refractivity contribution in [2.75, 3.05) is 0 Å². The summed E-state index contributed by atoms with van der Waals surface area (Å²) >= 11 is 0.399. The topological polar surface area (TPSA) is 13.1 Å². The van der Waals surface area contributed by atoms with E-state index in [1.807, 2.05) is 18.2 Å². The van der Waals surface area contributed by atoms with Gasteiger partial charge in [0, 0.05) is 0 Å². The van der Waals surface area contributed by atoms with Gasteiger partial charge in [0.05, 0.1) is 0 Å². The molecule has 1 nitrogen and oxygen atoms in total. The molecule has 15 heavy (non-hydrogen) atoms. The SMILES string of the molecule is C=CCc1o[c]([SnH3])c(CC=C)c1CC=C. The molecule has 0 spiro atoms. The summed E-state index contributed by atoms with van der Waals surface area (Å²) in [5.41, 5.74) is 2.65. The summed E-state index contributed by atoms with van der Waals surface area (Å²) in [4.78, 5) is 0. The van der Waals surface area contributed by atoms with Gasteiger partial charge in [-0.3, -0.25) is 0 Å². The Kier molecular flexibility index (Phi) is 4.95. The second kappa shape index (κ2) is 6.01. The molecule has 0 amide bonds. The Hall–Kier alpha value is -0.701. The zero-order valence-corrected chi connectivity index (χ0v) is 15.1. The summed E-state index contributed by atoms with van der Waals surface area (Å²) in [5.74, 6) is 1.07. The summed E-state index contributed by atoms with van der Waals surface area (Å²) in [6.45, 7) is 11.3. The Bertz CT molecular complexity index is 374. The van der Waals surface area contributed by atoms with Crippen LogP contribution in [0.3, 0.4) is 0 Å². The van der Waals surface area contributed by atoms with Crippen LogP contribution in [0, 0.1) is 0 Å². The van der Waals surface area contributed by atoms with Crippen LogP contribution in [0.4, 0.5) is 0 Å². The Balaban J connectivity index is 3.15. The van der Waals surface area contributed by atoms with E-state index in [1.54, 1.807) is 0 Å². The molecule has 0 aliphatic carbocycles. The van der Waals surface area contributed by atoms with Gasteiger partial charge in [-0.25, -0.2) is 0 Å². The first-order valence-electron chi connectivity index (χ1n) is 5.17. The van der Waals surface area contributed by atoms with Crippen molar-refractivity contribution >= 4 is 26.3 Å². The molecule has 0 saturated carbocycles. The Labute approximate surface area is 105 Å². The standard InChI is InChI=1S/C13H15O.Sn.3H/c1-4-7-11-10-14-13(9-6-3)12(11)8-5-2;;;;/h4-6H,1-3,7-9H2;;;;. The van der Waals surface area contributed by atoms with Gasteiger partial charge >= 0.3 is 105 Å². The Morgan fingerprint density at radius 1 is 0.933 bits per heavy atom. The monoisotopic (exact) mass is 310 g/mol. The summed E-state index contributed by atoms with van der Waals surface area (Å²) < 4.78 is 7.02. The molecule has 0 aromatic carbocycles. The number of hydrogen-bond acceptors (Lipinski definition) is 1. The van der Waals surface area contributed by atoms with Crippen molar-refractivity contribution in [3.05, 3.63) is 54.9 Å². The Morgan fingerprint density at radius 2 is 1.47 bits per heavy atom. The molecular formula is C13H18OSn. The van der Waals surface area contributed by atoms with Crippen molar-refractivity contribution in [2.24, 2.45) is 0 Å². The van der Waals surface area contributed by atoms with Crippen LogP contribution in [0.1, 0.15) is 16.9 Å². The van der Waals surface area contributed by atoms with E-state index >= 15 is 0 Å². The van der Waals surface area contributed by atoms with Gasteiger partial charge in [-0.15, -0.1) is 0 Å². The number of allylic oxidation sites excluding steroid dienone is 3. The fraction of sp³-hybridized carbons (Fsp3) is 0.231. The van der Waals surface area contributed by atoms with Crippen LogP contribution in [-0.2, 0) is 19.3 Å². The quantitative estimate of drug-likeness (QED) is 0.573. The first-order chi connectivity index (χ1) is 7.24. The van der Waals surface area contributed by atoms with E-state index < -0.39 is 0 Å². The molecule has 0 atom stereocenters. The van der Waals surface area contributed by atoms with E-state index in [-0.39, 0.29) is 0 Å². The molecule has 0 saturated heterocycles. The van der Waals surface area contributed by atoms with Crippen molar-refractivity contribution < 1.29 is 4.42 Å². The number of hydrogen-bond donors (Lipinski definition) is 0. The van der Waals surface area contributed by atoms with E-state index in [4.69, 9.17) is 4.42 Å². The summed E-state index contributed by atoms with van der Waals surface area (Å²) in [5, 5.41) is 0. The fourth-order valence-corrected chi connectivity index (χ4v) is 3.92. The Morgan fingerprint density at radius 3 is 2.00 bits per heavy atom. The molecule has 0 aliphatic heterocycles. The van der Waals surface area contributed by atoms with Crippen LogP contribution < -0.4 is 3.78 Å². The molecule has 1 rings (SSSR count). The average molecular weight is 309 g/mol. The third-order valence-corrected chi connectivity index (χ3v) is 4.73. The van der Waals surface area contributed by atoms with E-state index in [0.29, 0.717) is 22.5 Å². The van der Waals surface area contributed by atoms with Crippen molar-refractivity contribution in [2.45, 2.75) is 19.3 Å². The van der Waals surface area contributed by atoms with E-state index in [1.165, 1.54) is 14.9 Å². The van der Waals surface area contributed by atoms with Crippen LogP contribution in [0.25, 0.3) is 0 Å². The molecule has 0 N–H and O–H groups in total. The van der Waals surface area contributed by atoms with Gasteiger partial charge in [0.25, 0.3) is 0 Å². The van der Waals surface area contributed by atoms with Gasteiger partial charge in [0.15, 0.2) is 0 Å². The fourth-order valence-electron chi connectivity index (χ4n) is 1.78. The molecule has 80 valence electrons. The molecule has 0 radical (unpaired) electrons. The number of rotatable bonds is 6. The molecule has 0 aliphatic rings. The maximum absolute atomic E-state index is 5.82. The van der Waals surface area contributed by atoms with Gasteiger partial charge < -0.3 is 0 Å². The van der Waals surface area contributed by atoms with Crippen LogP contribution in [-0.4, -0.2) is 22.5 Å². The summed E-state index contributed by atoms with van der Waals surface area (Å²) in [6, 6.07) is 0. The van der Waals surface area contributed by atoms with Crippen molar-refractivity contribution in [1.29, 1.82) is 0 Å². The van der Waals surface area contributed by atoms with E-state index in [9.17, 15) is 0 Å². The zero-order chi connectivity index (χ0) is 11.3. The van der Waals surface area contributed by atoms with Gasteiger partial charge in [-0.1, -0.05) is 0 Å². The van der Waals surface area contributed by atoms with Gasteiger partial charge in [-0.05, 0) is 0 Å². The average Bonchev–Trinajstić information content (AvgIpc) is 2.48. The zero-order valence-electron chi connectivity index (χ0n) is 9.38. The van der Waals surface area contributed by atoms with Crippen LogP contribution in [0.5, 0.6) is 0 Å². The minimum absolute atomic E-state index is 0.399. The molecule has 1 aromatic rings. The molecule has 1 aromatic heterocycles. The second-order valence-electron chi connectivity index (χ2n) is 3.52. The normalized spacial score (nSPS) is 10.1. The van der Waals surface area contributed by atoms with Crippen LogP contribution >= 0.6 is 0 Å². The van der Waals surface area contributed by atoms with E-state index in [2.05, 4.69) is 19.7 Å². The van der Waals surface area contributed by atoms with Crippen molar-refractivity contribution in [3.63, 3.8) is 0 Å². The second-order valence-corrected chi connectivity index (χ2v) is 6.11. The molecule has 0 fully saturated rings. The van der Waals surface area contributed by atoms with Gasteiger partial charge in [0.1, 0.15) is 0 Å². The molecule has 0 unspecified atom stereocenters. The minimum atomic E-state index is 0.399. The van der Waals surface area contributed by atoms with Crippen molar-refractivity contribution in [3.8, 4) is 0 Å². The van der Waals surface area contributed by atoms with E-state index in [0.717, 1.165) is 25.0 Å². The van der Waals surface area contributed by atoms with Crippen molar-refractivity contribution in [1.82, 2.24) is 0 Å². The van der Waals surface area contributed by atoms with Gasteiger partial charge in [0.2, 0.25) is 0 Å².